The zero-order valence-electron chi connectivity index (χ0n) is 12.2. The van der Waals surface area contributed by atoms with Gasteiger partial charge in [0.05, 0.1) is 11.3 Å². The Balaban J connectivity index is 2.32. The monoisotopic (exact) mass is 279 g/mol. The van der Waals surface area contributed by atoms with Gasteiger partial charge in [-0.25, -0.2) is 0 Å². The third-order valence-corrected chi connectivity index (χ3v) is 4.03. The zero-order valence-corrected chi connectivity index (χ0v) is 12.2. The number of benzene rings is 2. The highest BCUT2D eigenvalue weighted by Gasteiger charge is 2.31. The number of ketones is 1. The van der Waals surface area contributed by atoms with Crippen molar-refractivity contribution in [3.63, 3.8) is 0 Å². The highest BCUT2D eigenvalue weighted by atomic mass is 16.2. The number of hydrogen-bond donors (Lipinski definition) is 1. The minimum Gasteiger partial charge on any atom is -0.318 e. The second-order valence-electron chi connectivity index (χ2n) is 5.16. The van der Waals surface area contributed by atoms with Crippen LogP contribution in [0.25, 0.3) is 11.1 Å². The van der Waals surface area contributed by atoms with Crippen LogP contribution in [-0.2, 0) is 17.6 Å². The molecule has 106 valence electrons. The number of carbonyl (C=O) groups is 2. The number of rotatable bonds is 3. The molecule has 3 heteroatoms. The van der Waals surface area contributed by atoms with Crippen molar-refractivity contribution in [2.24, 2.45) is 0 Å². The summed E-state index contributed by atoms with van der Waals surface area (Å²) in [4.78, 5) is 23.7. The first-order chi connectivity index (χ1) is 10.2. The lowest BCUT2D eigenvalue weighted by Crippen LogP contribution is -2.12. The second kappa shape index (κ2) is 5.17. The Morgan fingerprint density at radius 2 is 1.57 bits per heavy atom. The molecule has 1 heterocycles. The van der Waals surface area contributed by atoms with Crippen molar-refractivity contribution in [2.45, 2.75) is 26.7 Å². The molecule has 0 aliphatic carbocycles. The molecule has 0 radical (unpaired) electrons. The Hall–Kier alpha value is -2.42. The largest absolute Gasteiger partial charge is 0.318 e. The Morgan fingerprint density at radius 1 is 0.905 bits per heavy atom. The van der Waals surface area contributed by atoms with Crippen LogP contribution in [-0.4, -0.2) is 11.7 Å². The molecule has 3 rings (SSSR count). The summed E-state index contributed by atoms with van der Waals surface area (Å²) in [7, 11) is 0. The minimum absolute atomic E-state index is 0.431. The van der Waals surface area contributed by atoms with E-state index in [9.17, 15) is 9.59 Å². The van der Waals surface area contributed by atoms with Gasteiger partial charge in [0.25, 0.3) is 11.7 Å². The molecule has 1 N–H and O–H groups in total. The highest BCUT2D eigenvalue weighted by molar-refractivity contribution is 6.52. The summed E-state index contributed by atoms with van der Waals surface area (Å²) in [6, 6.07) is 11.9. The Labute approximate surface area is 124 Å². The van der Waals surface area contributed by atoms with Crippen molar-refractivity contribution >= 4 is 17.4 Å². The van der Waals surface area contributed by atoms with Crippen LogP contribution < -0.4 is 5.32 Å². The lowest BCUT2D eigenvalue weighted by Gasteiger charge is -2.16. The van der Waals surface area contributed by atoms with E-state index in [1.807, 2.05) is 36.4 Å². The van der Waals surface area contributed by atoms with Crippen molar-refractivity contribution in [1.29, 1.82) is 0 Å². The Morgan fingerprint density at radius 3 is 2.19 bits per heavy atom. The molecule has 0 bridgehead atoms. The van der Waals surface area contributed by atoms with Crippen LogP contribution in [0.5, 0.6) is 0 Å². The van der Waals surface area contributed by atoms with Crippen molar-refractivity contribution in [3.8, 4) is 11.1 Å². The van der Waals surface area contributed by atoms with E-state index in [4.69, 9.17) is 0 Å². The van der Waals surface area contributed by atoms with Crippen LogP contribution in [0.3, 0.4) is 0 Å². The molecule has 0 fully saturated rings. The van der Waals surface area contributed by atoms with Gasteiger partial charge in [0, 0.05) is 0 Å². The van der Waals surface area contributed by atoms with Gasteiger partial charge in [-0.05, 0) is 41.2 Å². The summed E-state index contributed by atoms with van der Waals surface area (Å²) in [6.45, 7) is 4.16. The summed E-state index contributed by atoms with van der Waals surface area (Å²) in [5.74, 6) is -0.952. The normalized spacial score (nSPS) is 13.2. The Bertz CT molecular complexity index is 733. The second-order valence-corrected chi connectivity index (χ2v) is 5.16. The van der Waals surface area contributed by atoms with Crippen LogP contribution in [0.15, 0.2) is 36.4 Å². The number of hydrogen-bond acceptors (Lipinski definition) is 2. The average molecular weight is 279 g/mol. The van der Waals surface area contributed by atoms with Gasteiger partial charge in [0.1, 0.15) is 0 Å². The lowest BCUT2D eigenvalue weighted by molar-refractivity contribution is -0.112. The van der Waals surface area contributed by atoms with Gasteiger partial charge >= 0.3 is 0 Å². The van der Waals surface area contributed by atoms with Crippen LogP contribution in [0.2, 0.25) is 0 Å². The molecule has 1 aliphatic heterocycles. The fourth-order valence-electron chi connectivity index (χ4n) is 3.06. The minimum atomic E-state index is -0.521. The molecule has 21 heavy (non-hydrogen) atoms. The number of amides is 1. The smallest absolute Gasteiger partial charge is 0.296 e. The number of anilines is 1. The maximum Gasteiger partial charge on any atom is 0.296 e. The van der Waals surface area contributed by atoms with Gasteiger partial charge in [0.2, 0.25) is 0 Å². The third-order valence-electron chi connectivity index (χ3n) is 4.03. The van der Waals surface area contributed by atoms with Crippen LogP contribution >= 0.6 is 0 Å². The van der Waals surface area contributed by atoms with Gasteiger partial charge < -0.3 is 5.32 Å². The van der Waals surface area contributed by atoms with Gasteiger partial charge in [0.15, 0.2) is 0 Å². The molecule has 0 saturated carbocycles. The number of carbonyl (C=O) groups excluding carboxylic acids is 2. The highest BCUT2D eigenvalue weighted by Crippen LogP contribution is 2.37. The van der Waals surface area contributed by atoms with E-state index < -0.39 is 11.7 Å². The molecule has 0 spiro atoms. The number of Topliss-reactive ketones (excluding diaryl/α,β-unsaturated/α-hetero) is 1. The van der Waals surface area contributed by atoms with Crippen molar-refractivity contribution < 1.29 is 9.59 Å². The van der Waals surface area contributed by atoms with Crippen molar-refractivity contribution in [3.05, 3.63) is 53.1 Å². The summed E-state index contributed by atoms with van der Waals surface area (Å²) in [5.41, 5.74) is 5.64. The summed E-state index contributed by atoms with van der Waals surface area (Å²) >= 11 is 0. The lowest BCUT2D eigenvalue weighted by atomic mass is 9.89. The molecular weight excluding hydrogens is 262 g/mol. The molecule has 0 atom stereocenters. The van der Waals surface area contributed by atoms with Crippen molar-refractivity contribution in [2.75, 3.05) is 5.32 Å². The van der Waals surface area contributed by atoms with Crippen molar-refractivity contribution in [1.82, 2.24) is 0 Å². The molecule has 2 aromatic carbocycles. The van der Waals surface area contributed by atoms with Gasteiger partial charge in [-0.3, -0.25) is 9.59 Å². The predicted octanol–water partition coefficient (Wildman–Crippen LogP) is 3.61. The first-order valence-electron chi connectivity index (χ1n) is 7.27. The van der Waals surface area contributed by atoms with E-state index in [1.54, 1.807) is 0 Å². The van der Waals surface area contributed by atoms with E-state index in [0.29, 0.717) is 11.3 Å². The quantitative estimate of drug-likeness (QED) is 0.872. The van der Waals surface area contributed by atoms with E-state index in [-0.39, 0.29) is 0 Å². The molecule has 0 aromatic heterocycles. The number of fused-ring (bicyclic) bond motifs is 1. The topological polar surface area (TPSA) is 46.2 Å². The third kappa shape index (κ3) is 2.05. The first kappa shape index (κ1) is 13.6. The Kier molecular flexibility index (Phi) is 3.34. The van der Waals surface area contributed by atoms with Gasteiger partial charge in [-0.1, -0.05) is 44.2 Å². The summed E-state index contributed by atoms with van der Waals surface area (Å²) in [5, 5.41) is 2.73. The van der Waals surface area contributed by atoms with Crippen LogP contribution in [0.1, 0.15) is 35.3 Å². The zero-order chi connectivity index (χ0) is 15.0. The standard InChI is InChI=1S/C18H17NO2/c1-3-12-13(4-2)16-15(17(20)18(21)19-16)10-14(12)11-8-6-5-7-9-11/h5-10H,3-4H2,1-2H3,(H,19,20,21). The predicted molar refractivity (Wildman–Crippen MR) is 83.6 cm³/mol. The van der Waals surface area contributed by atoms with Gasteiger partial charge in [-0.15, -0.1) is 0 Å². The number of nitrogens with one attached hydrogen (secondary N) is 1. The fourth-order valence-corrected chi connectivity index (χ4v) is 3.06. The molecular formula is C18H17NO2. The van der Waals surface area contributed by atoms with Crippen LogP contribution in [0.4, 0.5) is 5.69 Å². The fraction of sp³-hybridized carbons (Fsp3) is 0.222. The maximum atomic E-state index is 12.0. The summed E-state index contributed by atoms with van der Waals surface area (Å²) < 4.78 is 0. The van der Waals surface area contributed by atoms with E-state index in [2.05, 4.69) is 19.2 Å². The van der Waals surface area contributed by atoms with E-state index in [0.717, 1.165) is 29.5 Å². The maximum absolute atomic E-state index is 12.0. The SMILES string of the molecule is CCc1c(-c2ccccc2)cc2c(c1CC)NC(=O)C2=O. The molecule has 0 unspecified atom stereocenters. The molecule has 1 aliphatic rings. The summed E-state index contributed by atoms with van der Waals surface area (Å²) in [6.07, 6.45) is 1.66. The van der Waals surface area contributed by atoms with Crippen LogP contribution in [0, 0.1) is 0 Å². The molecule has 1 amide bonds. The van der Waals surface area contributed by atoms with Gasteiger partial charge in [-0.2, -0.15) is 0 Å². The van der Waals surface area contributed by atoms with E-state index >= 15 is 0 Å². The molecule has 2 aromatic rings. The molecule has 0 saturated heterocycles. The first-order valence-corrected chi connectivity index (χ1v) is 7.27. The van der Waals surface area contributed by atoms with E-state index in [1.165, 1.54) is 5.56 Å². The molecule has 3 nitrogen and oxygen atoms in total. The average Bonchev–Trinajstić information content (AvgIpc) is 2.81.